The van der Waals surface area contributed by atoms with Crippen molar-refractivity contribution in [1.82, 2.24) is 30.1 Å². The normalized spacial score (nSPS) is 16.0. The number of hydrogen-bond donors (Lipinski definition) is 1. The lowest BCUT2D eigenvalue weighted by Crippen LogP contribution is -2.38. The molecular weight excluding hydrogens is 392 g/mol. The summed E-state index contributed by atoms with van der Waals surface area (Å²) >= 11 is 0. The van der Waals surface area contributed by atoms with E-state index >= 15 is 0 Å². The minimum absolute atomic E-state index is 0.0973. The number of fused-ring (bicyclic) bond motifs is 1. The minimum Gasteiger partial charge on any atom is -0.467 e. The molecule has 1 aromatic carbocycles. The largest absolute Gasteiger partial charge is 0.467 e. The number of pyridine rings is 1. The second-order valence-corrected chi connectivity index (χ2v) is 8.10. The van der Waals surface area contributed by atoms with Gasteiger partial charge in [0.05, 0.1) is 6.26 Å². The van der Waals surface area contributed by atoms with E-state index in [1.54, 1.807) is 10.9 Å². The molecule has 0 amide bonds. The van der Waals surface area contributed by atoms with Crippen molar-refractivity contribution in [3.63, 3.8) is 0 Å². The van der Waals surface area contributed by atoms with Crippen LogP contribution in [-0.4, -0.2) is 43.2 Å². The third-order valence-electron chi connectivity index (χ3n) is 6.09. The summed E-state index contributed by atoms with van der Waals surface area (Å²) in [6.45, 7) is 4.37. The third-order valence-corrected chi connectivity index (χ3v) is 6.09. The predicted molar refractivity (Wildman–Crippen MR) is 117 cm³/mol. The Balaban J connectivity index is 1.63. The Morgan fingerprint density at radius 2 is 2.03 bits per heavy atom. The third kappa shape index (κ3) is 3.90. The lowest BCUT2D eigenvalue weighted by Gasteiger charge is -2.33. The van der Waals surface area contributed by atoms with Crippen LogP contribution in [0.25, 0.3) is 10.9 Å². The number of furan rings is 1. The van der Waals surface area contributed by atoms with Gasteiger partial charge in [-0.25, -0.2) is 4.68 Å². The molecule has 8 nitrogen and oxygen atoms in total. The first-order valence-corrected chi connectivity index (χ1v) is 10.9. The van der Waals surface area contributed by atoms with Crippen LogP contribution in [0.15, 0.2) is 51.9 Å². The predicted octanol–water partition coefficient (Wildman–Crippen LogP) is 3.29. The summed E-state index contributed by atoms with van der Waals surface area (Å²) in [4.78, 5) is 18.6. The molecule has 1 N–H and O–H groups in total. The zero-order chi connectivity index (χ0) is 21.2. The first-order valence-electron chi connectivity index (χ1n) is 10.9. The van der Waals surface area contributed by atoms with E-state index in [0.717, 1.165) is 49.0 Å². The molecule has 1 atom stereocenters. The van der Waals surface area contributed by atoms with E-state index in [4.69, 9.17) is 4.42 Å². The van der Waals surface area contributed by atoms with Crippen LogP contribution >= 0.6 is 0 Å². The van der Waals surface area contributed by atoms with Crippen LogP contribution in [0.4, 0.5) is 0 Å². The van der Waals surface area contributed by atoms with Gasteiger partial charge in [-0.3, -0.25) is 9.69 Å². The van der Waals surface area contributed by atoms with Crippen molar-refractivity contribution in [2.45, 2.75) is 45.2 Å². The quantitative estimate of drug-likeness (QED) is 0.516. The van der Waals surface area contributed by atoms with Crippen LogP contribution < -0.4 is 5.56 Å². The van der Waals surface area contributed by atoms with Gasteiger partial charge < -0.3 is 9.40 Å². The number of aromatic nitrogens is 5. The Hall–Kier alpha value is -3.26. The Bertz CT molecular complexity index is 1220. The highest BCUT2D eigenvalue weighted by Crippen LogP contribution is 2.29. The number of benzene rings is 1. The SMILES string of the molecule is CCc1ccc2[nH]c(=O)c([C@@H](c3nnnn3Cc3ccco3)N3CCCCC3)cc2c1. The summed E-state index contributed by atoms with van der Waals surface area (Å²) in [6, 6.07) is 11.6. The average molecular weight is 419 g/mol. The van der Waals surface area contributed by atoms with Crippen molar-refractivity contribution >= 4 is 10.9 Å². The van der Waals surface area contributed by atoms with Gasteiger partial charge in [0.15, 0.2) is 5.82 Å². The smallest absolute Gasteiger partial charge is 0.253 e. The molecule has 4 heterocycles. The summed E-state index contributed by atoms with van der Waals surface area (Å²) in [5, 5.41) is 13.6. The molecule has 0 aliphatic carbocycles. The number of nitrogens with one attached hydrogen (secondary N) is 1. The second-order valence-electron chi connectivity index (χ2n) is 8.10. The fourth-order valence-corrected chi connectivity index (χ4v) is 4.44. The number of H-pyrrole nitrogens is 1. The molecule has 160 valence electrons. The van der Waals surface area contributed by atoms with Gasteiger partial charge in [-0.05, 0) is 84.1 Å². The maximum absolute atomic E-state index is 13.2. The van der Waals surface area contributed by atoms with Gasteiger partial charge >= 0.3 is 0 Å². The zero-order valence-electron chi connectivity index (χ0n) is 17.6. The highest BCUT2D eigenvalue weighted by Gasteiger charge is 2.31. The van der Waals surface area contributed by atoms with Crippen molar-refractivity contribution < 1.29 is 4.42 Å². The number of nitrogens with zero attached hydrogens (tertiary/aromatic N) is 5. The Labute approximate surface area is 179 Å². The molecule has 0 unspecified atom stereocenters. The van der Waals surface area contributed by atoms with E-state index in [-0.39, 0.29) is 11.6 Å². The van der Waals surface area contributed by atoms with Gasteiger partial charge in [-0.2, -0.15) is 0 Å². The zero-order valence-corrected chi connectivity index (χ0v) is 17.6. The highest BCUT2D eigenvalue weighted by molar-refractivity contribution is 5.80. The Morgan fingerprint density at radius 3 is 2.81 bits per heavy atom. The molecule has 4 aromatic rings. The van der Waals surface area contributed by atoms with Crippen LogP contribution in [-0.2, 0) is 13.0 Å². The monoisotopic (exact) mass is 418 g/mol. The first kappa shape index (κ1) is 19.7. The maximum atomic E-state index is 13.2. The molecule has 0 radical (unpaired) electrons. The summed E-state index contributed by atoms with van der Waals surface area (Å²) in [6.07, 6.45) is 5.99. The van der Waals surface area contributed by atoms with Crippen molar-refractivity contribution in [2.24, 2.45) is 0 Å². The second kappa shape index (κ2) is 8.47. The van der Waals surface area contributed by atoms with E-state index in [1.807, 2.05) is 24.3 Å². The van der Waals surface area contributed by atoms with Crippen LogP contribution in [0.3, 0.4) is 0 Å². The number of tetrazole rings is 1. The van der Waals surface area contributed by atoms with E-state index in [2.05, 4.69) is 44.5 Å². The molecule has 0 bridgehead atoms. The van der Waals surface area contributed by atoms with Crippen molar-refractivity contribution in [3.8, 4) is 0 Å². The van der Waals surface area contributed by atoms with Crippen LogP contribution in [0.1, 0.15) is 54.9 Å². The lowest BCUT2D eigenvalue weighted by molar-refractivity contribution is 0.176. The number of aryl methyl sites for hydroxylation is 1. The summed E-state index contributed by atoms with van der Waals surface area (Å²) < 4.78 is 7.24. The first-order chi connectivity index (χ1) is 15.2. The van der Waals surface area contributed by atoms with E-state index in [1.165, 1.54) is 12.0 Å². The molecule has 1 fully saturated rings. The summed E-state index contributed by atoms with van der Waals surface area (Å²) in [7, 11) is 0. The number of hydrogen-bond acceptors (Lipinski definition) is 6. The molecule has 0 saturated carbocycles. The number of rotatable bonds is 6. The lowest BCUT2D eigenvalue weighted by atomic mass is 9.99. The fourth-order valence-electron chi connectivity index (χ4n) is 4.44. The van der Waals surface area contributed by atoms with E-state index in [9.17, 15) is 4.79 Å². The van der Waals surface area contributed by atoms with Crippen molar-refractivity contribution in [2.75, 3.05) is 13.1 Å². The summed E-state index contributed by atoms with van der Waals surface area (Å²) in [5.74, 6) is 1.43. The molecule has 3 aromatic heterocycles. The number of aromatic amines is 1. The molecule has 8 heteroatoms. The van der Waals surface area contributed by atoms with Gasteiger partial charge in [0.2, 0.25) is 0 Å². The van der Waals surface area contributed by atoms with Gasteiger partial charge in [0.25, 0.3) is 5.56 Å². The molecule has 1 aliphatic heterocycles. The fraction of sp³-hybridized carbons (Fsp3) is 0.391. The highest BCUT2D eigenvalue weighted by atomic mass is 16.3. The molecule has 0 spiro atoms. The van der Waals surface area contributed by atoms with Gasteiger partial charge in [0, 0.05) is 11.1 Å². The van der Waals surface area contributed by atoms with E-state index < -0.39 is 0 Å². The van der Waals surface area contributed by atoms with Crippen LogP contribution in [0.5, 0.6) is 0 Å². The van der Waals surface area contributed by atoms with E-state index in [0.29, 0.717) is 17.9 Å². The maximum Gasteiger partial charge on any atom is 0.253 e. The average Bonchev–Trinajstić information content (AvgIpc) is 3.48. The topological polar surface area (TPSA) is 92.8 Å². The molecule has 31 heavy (non-hydrogen) atoms. The van der Waals surface area contributed by atoms with Gasteiger partial charge in [-0.15, -0.1) is 5.10 Å². The van der Waals surface area contributed by atoms with Gasteiger partial charge in [-0.1, -0.05) is 19.4 Å². The molecule has 5 rings (SSSR count). The standard InChI is InChI=1S/C23H26N6O2/c1-2-16-8-9-20-17(13-16)14-19(23(30)24-20)21(28-10-4-3-5-11-28)22-25-26-27-29(22)15-18-7-6-12-31-18/h6-9,12-14,21H,2-5,10-11,15H2,1H3,(H,24,30)/t21-/m0/s1. The number of piperidine rings is 1. The van der Waals surface area contributed by atoms with Crippen LogP contribution in [0.2, 0.25) is 0 Å². The summed E-state index contributed by atoms with van der Waals surface area (Å²) in [5.41, 5.74) is 2.67. The van der Waals surface area contributed by atoms with Crippen LogP contribution in [0, 0.1) is 0 Å². The Morgan fingerprint density at radius 1 is 1.16 bits per heavy atom. The molecular formula is C23H26N6O2. The minimum atomic E-state index is -0.316. The number of likely N-dealkylation sites (tertiary alicyclic amines) is 1. The van der Waals surface area contributed by atoms with Crippen molar-refractivity contribution in [1.29, 1.82) is 0 Å². The molecule has 1 saturated heterocycles. The van der Waals surface area contributed by atoms with Gasteiger partial charge in [0.1, 0.15) is 18.3 Å². The Kier molecular flexibility index (Phi) is 5.38. The van der Waals surface area contributed by atoms with Crippen molar-refractivity contribution in [3.05, 3.63) is 75.7 Å². The molecule has 1 aliphatic rings.